The molecule has 8 nitrogen and oxygen atoms in total. The van der Waals surface area contributed by atoms with Crippen LogP contribution in [0.25, 0.3) is 0 Å². The fourth-order valence-corrected chi connectivity index (χ4v) is 4.87. The summed E-state index contributed by atoms with van der Waals surface area (Å²) in [5, 5.41) is 3.23. The summed E-state index contributed by atoms with van der Waals surface area (Å²) in [6, 6.07) is 30.3. The first-order valence-electron chi connectivity index (χ1n) is 14.6. The number of hydrogen-bond acceptors (Lipinski definition) is 7. The third-order valence-electron chi connectivity index (χ3n) is 7.11. The van der Waals surface area contributed by atoms with Crippen LogP contribution >= 0.6 is 0 Å². The Morgan fingerprint density at radius 1 is 0.818 bits per heavy atom. The average Bonchev–Trinajstić information content (AvgIpc) is 3.07. The Kier molecular flexibility index (Phi) is 11.5. The predicted molar refractivity (Wildman–Crippen MR) is 172 cm³/mol. The summed E-state index contributed by atoms with van der Waals surface area (Å²) in [4.78, 5) is 40.6. The lowest BCUT2D eigenvalue weighted by Gasteiger charge is -2.24. The molecular formula is C36H38N2O6. The molecule has 1 atom stereocenters. The SMILES string of the molecule is CCCC(=O)N(CCOc1ccc(CC(Nc2ccccc2C(=O)c2ccccc2)C(=O)OC)cc1)c1ccccc1OC. The average molecular weight is 595 g/mol. The third kappa shape index (κ3) is 8.25. The van der Waals surface area contributed by atoms with Gasteiger partial charge in [0.1, 0.15) is 24.1 Å². The number of benzene rings is 4. The number of nitrogens with zero attached hydrogens (tertiary/aromatic N) is 1. The molecule has 44 heavy (non-hydrogen) atoms. The Morgan fingerprint density at radius 3 is 2.20 bits per heavy atom. The van der Waals surface area contributed by atoms with Crippen LogP contribution in [0.4, 0.5) is 11.4 Å². The topological polar surface area (TPSA) is 94.2 Å². The van der Waals surface area contributed by atoms with E-state index in [-0.39, 0.29) is 18.3 Å². The van der Waals surface area contributed by atoms with E-state index in [0.717, 1.165) is 12.0 Å². The molecular weight excluding hydrogens is 556 g/mol. The number of hydrogen-bond donors (Lipinski definition) is 1. The van der Waals surface area contributed by atoms with Crippen molar-refractivity contribution < 1.29 is 28.6 Å². The van der Waals surface area contributed by atoms with Crippen molar-refractivity contribution >= 4 is 29.0 Å². The van der Waals surface area contributed by atoms with E-state index in [0.29, 0.717) is 53.4 Å². The lowest BCUT2D eigenvalue weighted by Crippen LogP contribution is -2.34. The number of carbonyl (C=O) groups is 3. The minimum atomic E-state index is -0.726. The first-order chi connectivity index (χ1) is 21.4. The van der Waals surface area contributed by atoms with Gasteiger partial charge in [-0.25, -0.2) is 4.79 Å². The standard InChI is InChI=1S/C36H38N2O6/c1-4-12-34(39)38(32-17-10-11-18-33(32)42-2)23-24-44-28-21-19-26(20-22-28)25-31(36(41)43-3)37-30-16-9-8-15-29(30)35(40)27-13-6-5-7-14-27/h5-11,13-22,31,37H,4,12,23-25H2,1-3H3. The maximum Gasteiger partial charge on any atom is 0.328 e. The zero-order valence-corrected chi connectivity index (χ0v) is 25.3. The Hall–Kier alpha value is -5.11. The molecule has 0 aliphatic rings. The van der Waals surface area contributed by atoms with E-state index in [1.807, 2.05) is 79.7 Å². The molecule has 228 valence electrons. The van der Waals surface area contributed by atoms with Crippen LogP contribution in [-0.2, 0) is 20.7 Å². The smallest absolute Gasteiger partial charge is 0.328 e. The van der Waals surface area contributed by atoms with Gasteiger partial charge in [0.25, 0.3) is 0 Å². The van der Waals surface area contributed by atoms with Crippen molar-refractivity contribution in [3.63, 3.8) is 0 Å². The summed E-state index contributed by atoms with van der Waals surface area (Å²) in [6.45, 7) is 2.61. The summed E-state index contributed by atoms with van der Waals surface area (Å²) in [6.07, 6.45) is 1.49. The van der Waals surface area contributed by atoms with Crippen molar-refractivity contribution in [2.24, 2.45) is 0 Å². The van der Waals surface area contributed by atoms with Crippen LogP contribution in [0.15, 0.2) is 103 Å². The molecule has 0 aliphatic heterocycles. The van der Waals surface area contributed by atoms with E-state index < -0.39 is 12.0 Å². The monoisotopic (exact) mass is 594 g/mol. The minimum Gasteiger partial charge on any atom is -0.495 e. The van der Waals surface area contributed by atoms with Crippen LogP contribution in [0.2, 0.25) is 0 Å². The molecule has 0 spiro atoms. The first kappa shape index (κ1) is 31.8. The Balaban J connectivity index is 1.42. The Morgan fingerprint density at radius 2 is 1.50 bits per heavy atom. The maximum absolute atomic E-state index is 13.2. The quantitative estimate of drug-likeness (QED) is 0.127. The summed E-state index contributed by atoms with van der Waals surface area (Å²) in [5.74, 6) is 0.685. The highest BCUT2D eigenvalue weighted by Gasteiger charge is 2.23. The van der Waals surface area contributed by atoms with Crippen molar-refractivity contribution in [3.8, 4) is 11.5 Å². The summed E-state index contributed by atoms with van der Waals surface area (Å²) < 4.78 is 16.5. The number of ketones is 1. The van der Waals surface area contributed by atoms with Gasteiger partial charge in [-0.2, -0.15) is 0 Å². The molecule has 0 aromatic heterocycles. The largest absolute Gasteiger partial charge is 0.495 e. The van der Waals surface area contributed by atoms with Crippen molar-refractivity contribution in [1.29, 1.82) is 0 Å². The number of methoxy groups -OCH3 is 2. The fourth-order valence-electron chi connectivity index (χ4n) is 4.87. The molecule has 8 heteroatoms. The predicted octanol–water partition coefficient (Wildman–Crippen LogP) is 6.33. The van der Waals surface area contributed by atoms with E-state index in [1.54, 1.807) is 42.3 Å². The maximum atomic E-state index is 13.2. The Labute approximate surface area is 258 Å². The minimum absolute atomic E-state index is 0.00402. The van der Waals surface area contributed by atoms with Crippen LogP contribution in [0.1, 0.15) is 41.3 Å². The van der Waals surface area contributed by atoms with Gasteiger partial charge in [0.15, 0.2) is 5.78 Å². The van der Waals surface area contributed by atoms with Gasteiger partial charge in [-0.3, -0.25) is 9.59 Å². The zero-order valence-electron chi connectivity index (χ0n) is 25.3. The van der Waals surface area contributed by atoms with Gasteiger partial charge in [-0.1, -0.05) is 73.7 Å². The molecule has 0 saturated carbocycles. The van der Waals surface area contributed by atoms with Crippen LogP contribution in [-0.4, -0.2) is 51.1 Å². The number of para-hydroxylation sites is 3. The molecule has 1 amide bonds. The molecule has 0 aliphatic carbocycles. The molecule has 4 rings (SSSR count). The van der Waals surface area contributed by atoms with Crippen LogP contribution in [0.3, 0.4) is 0 Å². The van der Waals surface area contributed by atoms with Crippen LogP contribution in [0, 0.1) is 0 Å². The van der Waals surface area contributed by atoms with E-state index in [1.165, 1.54) is 7.11 Å². The summed E-state index contributed by atoms with van der Waals surface area (Å²) >= 11 is 0. The highest BCUT2D eigenvalue weighted by atomic mass is 16.5. The van der Waals surface area contributed by atoms with Gasteiger partial charge in [-0.05, 0) is 48.4 Å². The summed E-state index contributed by atoms with van der Waals surface area (Å²) in [5.41, 5.74) is 3.17. The van der Waals surface area contributed by atoms with Crippen molar-refractivity contribution in [1.82, 2.24) is 0 Å². The number of ether oxygens (including phenoxy) is 3. The molecule has 0 bridgehead atoms. The number of amides is 1. The van der Waals surface area contributed by atoms with Gasteiger partial charge in [0.05, 0.1) is 26.5 Å². The molecule has 0 radical (unpaired) electrons. The van der Waals surface area contributed by atoms with E-state index in [4.69, 9.17) is 14.2 Å². The van der Waals surface area contributed by atoms with Crippen molar-refractivity contribution in [3.05, 3.63) is 120 Å². The number of rotatable bonds is 15. The van der Waals surface area contributed by atoms with E-state index >= 15 is 0 Å². The highest BCUT2D eigenvalue weighted by molar-refractivity contribution is 6.12. The van der Waals surface area contributed by atoms with Gasteiger partial charge in [0, 0.05) is 29.7 Å². The van der Waals surface area contributed by atoms with Gasteiger partial charge < -0.3 is 24.4 Å². The number of carbonyl (C=O) groups excluding carboxylic acids is 3. The normalized spacial score (nSPS) is 11.2. The molecule has 0 saturated heterocycles. The fraction of sp³-hybridized carbons (Fsp3) is 0.250. The summed E-state index contributed by atoms with van der Waals surface area (Å²) in [7, 11) is 2.93. The molecule has 1 unspecified atom stereocenters. The zero-order chi connectivity index (χ0) is 31.3. The molecule has 0 fully saturated rings. The van der Waals surface area contributed by atoms with Gasteiger partial charge in [0.2, 0.25) is 5.91 Å². The third-order valence-corrected chi connectivity index (χ3v) is 7.11. The van der Waals surface area contributed by atoms with Crippen LogP contribution < -0.4 is 19.7 Å². The molecule has 4 aromatic carbocycles. The first-order valence-corrected chi connectivity index (χ1v) is 14.6. The van der Waals surface area contributed by atoms with Crippen molar-refractivity contribution in [2.45, 2.75) is 32.2 Å². The van der Waals surface area contributed by atoms with Gasteiger partial charge >= 0.3 is 5.97 Å². The second-order valence-electron chi connectivity index (χ2n) is 10.1. The lowest BCUT2D eigenvalue weighted by atomic mass is 10.00. The second kappa shape index (κ2) is 15.9. The molecule has 1 N–H and O–H groups in total. The number of anilines is 2. The second-order valence-corrected chi connectivity index (χ2v) is 10.1. The molecule has 0 heterocycles. The lowest BCUT2D eigenvalue weighted by molar-refractivity contribution is -0.141. The molecule has 4 aromatic rings. The van der Waals surface area contributed by atoms with Crippen molar-refractivity contribution in [2.75, 3.05) is 37.6 Å². The van der Waals surface area contributed by atoms with E-state index in [9.17, 15) is 14.4 Å². The van der Waals surface area contributed by atoms with Gasteiger partial charge in [-0.15, -0.1) is 0 Å². The Bertz CT molecular complexity index is 1540. The number of esters is 1. The highest BCUT2D eigenvalue weighted by Crippen LogP contribution is 2.28. The number of nitrogens with one attached hydrogen (secondary N) is 1. The van der Waals surface area contributed by atoms with Crippen LogP contribution in [0.5, 0.6) is 11.5 Å². The van der Waals surface area contributed by atoms with E-state index in [2.05, 4.69) is 5.32 Å².